The zero-order chi connectivity index (χ0) is 10.1. The van der Waals surface area contributed by atoms with E-state index in [1.807, 2.05) is 0 Å². The molecule has 1 atom stereocenters. The number of non-ortho nitro benzene ring substituents is 1. The highest BCUT2D eigenvalue weighted by atomic mass is 16.6. The minimum atomic E-state index is -0.348. The van der Waals surface area contributed by atoms with Crippen molar-refractivity contribution in [1.29, 1.82) is 0 Å². The van der Waals surface area contributed by atoms with E-state index < -0.39 is 0 Å². The maximum absolute atomic E-state index is 10.5. The number of anilines is 1. The molecule has 14 heavy (non-hydrogen) atoms. The van der Waals surface area contributed by atoms with Gasteiger partial charge in [-0.1, -0.05) is 6.92 Å². The number of nitro benzene ring substituents is 1. The van der Waals surface area contributed by atoms with E-state index in [-0.39, 0.29) is 10.6 Å². The third-order valence-electron chi connectivity index (χ3n) is 2.62. The molecule has 0 saturated carbocycles. The Balaban J connectivity index is 2.31. The molecule has 74 valence electrons. The van der Waals surface area contributed by atoms with Crippen molar-refractivity contribution in [3.8, 4) is 0 Å². The number of nitrogens with one attached hydrogen (secondary N) is 1. The third kappa shape index (κ3) is 1.43. The van der Waals surface area contributed by atoms with Gasteiger partial charge in [0.05, 0.1) is 4.92 Å². The molecule has 0 spiro atoms. The number of nitro groups is 1. The molecule has 1 aromatic rings. The summed E-state index contributed by atoms with van der Waals surface area (Å²) in [5.74, 6) is 0. The van der Waals surface area contributed by atoms with Gasteiger partial charge >= 0.3 is 0 Å². The van der Waals surface area contributed by atoms with Gasteiger partial charge in [-0.15, -0.1) is 0 Å². The molecule has 0 aromatic heterocycles. The second-order valence-corrected chi connectivity index (χ2v) is 3.55. The smallest absolute Gasteiger partial charge is 0.269 e. The lowest BCUT2D eigenvalue weighted by molar-refractivity contribution is -0.384. The van der Waals surface area contributed by atoms with Crippen LogP contribution in [0.15, 0.2) is 18.2 Å². The van der Waals surface area contributed by atoms with Gasteiger partial charge < -0.3 is 5.32 Å². The van der Waals surface area contributed by atoms with E-state index in [1.165, 1.54) is 0 Å². The van der Waals surface area contributed by atoms with Crippen LogP contribution < -0.4 is 5.32 Å². The van der Waals surface area contributed by atoms with Gasteiger partial charge in [-0.3, -0.25) is 10.1 Å². The van der Waals surface area contributed by atoms with Gasteiger partial charge in [-0.05, 0) is 24.5 Å². The number of fused-ring (bicyclic) bond motifs is 1. The Kier molecular flexibility index (Phi) is 2.11. The van der Waals surface area contributed by atoms with Crippen LogP contribution in [0, 0.1) is 10.1 Å². The Morgan fingerprint density at radius 2 is 2.43 bits per heavy atom. The lowest BCUT2D eigenvalue weighted by Gasteiger charge is -2.05. The van der Waals surface area contributed by atoms with E-state index in [4.69, 9.17) is 0 Å². The molecule has 0 fully saturated rings. The minimum absolute atomic E-state index is 0.183. The van der Waals surface area contributed by atoms with Crippen molar-refractivity contribution >= 4 is 11.4 Å². The number of nitrogens with zero attached hydrogens (tertiary/aromatic N) is 1. The minimum Gasteiger partial charge on any atom is -0.382 e. The van der Waals surface area contributed by atoms with E-state index in [0.717, 1.165) is 24.1 Å². The lowest BCUT2D eigenvalue weighted by atomic mass is 10.1. The molecular weight excluding hydrogens is 180 g/mol. The van der Waals surface area contributed by atoms with E-state index in [0.29, 0.717) is 6.04 Å². The fraction of sp³-hybridized carbons (Fsp3) is 0.400. The quantitative estimate of drug-likeness (QED) is 0.578. The van der Waals surface area contributed by atoms with E-state index in [1.54, 1.807) is 18.2 Å². The number of hydrogen-bond acceptors (Lipinski definition) is 3. The normalized spacial score (nSPS) is 18.8. The monoisotopic (exact) mass is 192 g/mol. The van der Waals surface area contributed by atoms with Crippen LogP contribution in [0.5, 0.6) is 0 Å². The summed E-state index contributed by atoms with van der Waals surface area (Å²) in [6.45, 7) is 2.11. The van der Waals surface area contributed by atoms with Gasteiger partial charge in [-0.25, -0.2) is 0 Å². The molecule has 2 rings (SSSR count). The summed E-state index contributed by atoms with van der Waals surface area (Å²) in [4.78, 5) is 10.2. The fourth-order valence-corrected chi connectivity index (χ4v) is 1.79. The zero-order valence-corrected chi connectivity index (χ0v) is 7.99. The van der Waals surface area contributed by atoms with Crippen LogP contribution in [-0.4, -0.2) is 11.0 Å². The Bertz CT molecular complexity index is 376. The molecule has 0 saturated heterocycles. The molecule has 1 unspecified atom stereocenters. The first kappa shape index (κ1) is 8.99. The first-order valence-electron chi connectivity index (χ1n) is 4.74. The predicted molar refractivity (Wildman–Crippen MR) is 54.5 cm³/mol. The number of benzene rings is 1. The summed E-state index contributed by atoms with van der Waals surface area (Å²) < 4.78 is 0. The highest BCUT2D eigenvalue weighted by Crippen LogP contribution is 2.30. The van der Waals surface area contributed by atoms with Gasteiger partial charge in [0.2, 0.25) is 0 Å². The van der Waals surface area contributed by atoms with Crippen LogP contribution in [0.1, 0.15) is 18.9 Å². The van der Waals surface area contributed by atoms with E-state index >= 15 is 0 Å². The number of hydrogen-bond donors (Lipinski definition) is 1. The predicted octanol–water partition coefficient (Wildman–Crippen LogP) is 2.34. The third-order valence-corrected chi connectivity index (χ3v) is 2.62. The topological polar surface area (TPSA) is 55.2 Å². The van der Waals surface area contributed by atoms with Crippen molar-refractivity contribution in [3.63, 3.8) is 0 Å². The summed E-state index contributed by atoms with van der Waals surface area (Å²) in [6.07, 6.45) is 1.94. The average Bonchev–Trinajstić information content (AvgIpc) is 2.58. The highest BCUT2D eigenvalue weighted by molar-refractivity contribution is 5.60. The molecule has 1 aromatic carbocycles. The number of rotatable bonds is 2. The molecule has 1 N–H and O–H groups in total. The molecule has 0 aliphatic carbocycles. The summed E-state index contributed by atoms with van der Waals surface area (Å²) in [6, 6.07) is 5.44. The first-order chi connectivity index (χ1) is 6.70. The van der Waals surface area contributed by atoms with Gasteiger partial charge in [-0.2, -0.15) is 0 Å². The Morgan fingerprint density at radius 1 is 1.64 bits per heavy atom. The first-order valence-corrected chi connectivity index (χ1v) is 4.74. The molecule has 4 nitrogen and oxygen atoms in total. The van der Waals surface area contributed by atoms with Crippen molar-refractivity contribution < 1.29 is 4.92 Å². The Morgan fingerprint density at radius 3 is 3.07 bits per heavy atom. The lowest BCUT2D eigenvalue weighted by Crippen LogP contribution is -2.12. The molecule has 1 aliphatic heterocycles. The van der Waals surface area contributed by atoms with Crippen LogP contribution in [0.4, 0.5) is 11.4 Å². The van der Waals surface area contributed by atoms with Crippen molar-refractivity contribution in [1.82, 2.24) is 0 Å². The molecule has 0 amide bonds. The van der Waals surface area contributed by atoms with Crippen LogP contribution >= 0.6 is 0 Å². The largest absolute Gasteiger partial charge is 0.382 e. The van der Waals surface area contributed by atoms with Gasteiger partial charge in [0.1, 0.15) is 0 Å². The van der Waals surface area contributed by atoms with Crippen molar-refractivity contribution in [2.75, 3.05) is 5.32 Å². The maximum atomic E-state index is 10.5. The van der Waals surface area contributed by atoms with Crippen molar-refractivity contribution in [2.24, 2.45) is 0 Å². The molecular formula is C10H12N2O2. The Hall–Kier alpha value is -1.58. The maximum Gasteiger partial charge on any atom is 0.269 e. The van der Waals surface area contributed by atoms with Crippen molar-refractivity contribution in [3.05, 3.63) is 33.9 Å². The Labute approximate surface area is 82.1 Å². The van der Waals surface area contributed by atoms with Crippen LogP contribution in [0.2, 0.25) is 0 Å². The second-order valence-electron chi connectivity index (χ2n) is 3.55. The molecule has 1 heterocycles. The molecule has 1 aliphatic rings. The average molecular weight is 192 g/mol. The fourth-order valence-electron chi connectivity index (χ4n) is 1.79. The standard InChI is InChI=1S/C10H12N2O2/c1-2-8-5-7-6-9(12(13)14)3-4-10(7)11-8/h3-4,6,8,11H,2,5H2,1H3. The van der Waals surface area contributed by atoms with Crippen LogP contribution in [-0.2, 0) is 6.42 Å². The van der Waals surface area contributed by atoms with E-state index in [9.17, 15) is 10.1 Å². The van der Waals surface area contributed by atoms with Gasteiger partial charge in [0.25, 0.3) is 5.69 Å². The van der Waals surface area contributed by atoms with Gasteiger partial charge in [0.15, 0.2) is 0 Å². The van der Waals surface area contributed by atoms with Crippen molar-refractivity contribution in [2.45, 2.75) is 25.8 Å². The molecule has 0 radical (unpaired) electrons. The molecule has 0 bridgehead atoms. The summed E-state index contributed by atoms with van der Waals surface area (Å²) in [7, 11) is 0. The second kappa shape index (κ2) is 3.29. The van der Waals surface area contributed by atoms with E-state index in [2.05, 4.69) is 12.2 Å². The van der Waals surface area contributed by atoms with Gasteiger partial charge in [0, 0.05) is 23.9 Å². The summed E-state index contributed by atoms with van der Waals surface area (Å²) >= 11 is 0. The highest BCUT2D eigenvalue weighted by Gasteiger charge is 2.20. The summed E-state index contributed by atoms with van der Waals surface area (Å²) in [5, 5.41) is 13.9. The molecule has 4 heteroatoms. The SMILES string of the molecule is CCC1Cc2cc([N+](=O)[O-])ccc2N1. The van der Waals surface area contributed by atoms with Crippen LogP contribution in [0.25, 0.3) is 0 Å². The summed E-state index contributed by atoms with van der Waals surface area (Å²) in [5.41, 5.74) is 2.29. The van der Waals surface area contributed by atoms with Crippen LogP contribution in [0.3, 0.4) is 0 Å². The zero-order valence-electron chi connectivity index (χ0n) is 7.99.